The number of nitrogens with zero attached hydrogens (tertiary/aromatic N) is 2. The van der Waals surface area contributed by atoms with Crippen LogP contribution < -0.4 is 5.32 Å². The highest BCUT2D eigenvalue weighted by molar-refractivity contribution is 6.28. The minimum absolute atomic E-state index is 0.237. The maximum absolute atomic E-state index is 5.74. The molecule has 0 amide bonds. The van der Waals surface area contributed by atoms with Gasteiger partial charge in [0.25, 0.3) is 0 Å². The first-order chi connectivity index (χ1) is 8.81. The predicted octanol–water partition coefficient (Wildman–Crippen LogP) is 4.03. The smallest absolute Gasteiger partial charge is 0.224 e. The average molecular weight is 256 g/mol. The van der Waals surface area contributed by atoms with E-state index < -0.39 is 0 Å². The van der Waals surface area contributed by atoms with E-state index in [9.17, 15) is 0 Å². The van der Waals surface area contributed by atoms with Gasteiger partial charge in [-0.05, 0) is 40.6 Å². The fraction of sp³-hybridized carbons (Fsp3) is 0. The normalized spacial score (nSPS) is 10.5. The van der Waals surface area contributed by atoms with Gasteiger partial charge in [-0.15, -0.1) is 0 Å². The lowest BCUT2D eigenvalue weighted by Crippen LogP contribution is -1.94. The van der Waals surface area contributed by atoms with Crippen LogP contribution in [0.15, 0.2) is 54.7 Å². The van der Waals surface area contributed by atoms with Crippen molar-refractivity contribution >= 4 is 33.9 Å². The Balaban J connectivity index is 1.95. The van der Waals surface area contributed by atoms with Gasteiger partial charge >= 0.3 is 0 Å². The summed E-state index contributed by atoms with van der Waals surface area (Å²) in [4.78, 5) is 7.94. The van der Waals surface area contributed by atoms with Gasteiger partial charge < -0.3 is 5.32 Å². The maximum atomic E-state index is 5.74. The highest BCUT2D eigenvalue weighted by Crippen LogP contribution is 2.21. The molecule has 0 fully saturated rings. The standard InChI is InChI=1S/C14H10ClN3/c15-14-16-8-7-13(18-14)17-12-6-5-10-3-1-2-4-11(10)9-12/h1-9H,(H,16,17,18). The molecular weight excluding hydrogens is 246 g/mol. The van der Waals surface area contributed by atoms with Crippen LogP contribution in [-0.2, 0) is 0 Å². The minimum atomic E-state index is 0.237. The molecule has 0 unspecified atom stereocenters. The average Bonchev–Trinajstić information content (AvgIpc) is 2.39. The molecule has 3 aromatic rings. The van der Waals surface area contributed by atoms with E-state index in [1.807, 2.05) is 18.2 Å². The summed E-state index contributed by atoms with van der Waals surface area (Å²) < 4.78 is 0. The molecule has 1 N–H and O–H groups in total. The van der Waals surface area contributed by atoms with Crippen LogP contribution in [0.2, 0.25) is 5.28 Å². The Morgan fingerprint density at radius 2 is 1.78 bits per heavy atom. The van der Waals surface area contributed by atoms with E-state index in [0.717, 1.165) is 5.69 Å². The Bertz CT molecular complexity index is 697. The van der Waals surface area contributed by atoms with Gasteiger partial charge in [0.2, 0.25) is 5.28 Å². The zero-order valence-electron chi connectivity index (χ0n) is 9.47. The second-order valence-corrected chi connectivity index (χ2v) is 4.24. The molecule has 0 aliphatic heterocycles. The quantitative estimate of drug-likeness (QED) is 0.703. The molecule has 1 heterocycles. The summed E-state index contributed by atoms with van der Waals surface area (Å²) in [6.45, 7) is 0. The van der Waals surface area contributed by atoms with Crippen LogP contribution in [-0.4, -0.2) is 9.97 Å². The molecule has 0 saturated heterocycles. The molecule has 88 valence electrons. The molecule has 4 heteroatoms. The zero-order valence-corrected chi connectivity index (χ0v) is 10.2. The summed E-state index contributed by atoms with van der Waals surface area (Å²) in [6, 6.07) is 16.1. The molecule has 0 atom stereocenters. The van der Waals surface area contributed by atoms with Crippen molar-refractivity contribution in [2.45, 2.75) is 0 Å². The van der Waals surface area contributed by atoms with Crippen molar-refractivity contribution < 1.29 is 0 Å². The van der Waals surface area contributed by atoms with Gasteiger partial charge in [0, 0.05) is 11.9 Å². The molecule has 0 saturated carbocycles. The van der Waals surface area contributed by atoms with Crippen LogP contribution in [0.3, 0.4) is 0 Å². The topological polar surface area (TPSA) is 37.8 Å². The second kappa shape index (κ2) is 4.63. The maximum Gasteiger partial charge on any atom is 0.224 e. The van der Waals surface area contributed by atoms with Crippen molar-refractivity contribution in [2.75, 3.05) is 5.32 Å². The number of anilines is 2. The predicted molar refractivity (Wildman–Crippen MR) is 74.3 cm³/mol. The number of halogens is 1. The Morgan fingerprint density at radius 3 is 2.61 bits per heavy atom. The van der Waals surface area contributed by atoms with E-state index in [-0.39, 0.29) is 5.28 Å². The number of benzene rings is 2. The summed E-state index contributed by atoms with van der Waals surface area (Å²) >= 11 is 5.74. The molecule has 0 spiro atoms. The molecule has 0 radical (unpaired) electrons. The zero-order chi connectivity index (χ0) is 12.4. The van der Waals surface area contributed by atoms with Crippen molar-refractivity contribution in [1.82, 2.24) is 9.97 Å². The van der Waals surface area contributed by atoms with E-state index in [2.05, 4.69) is 39.6 Å². The van der Waals surface area contributed by atoms with Crippen molar-refractivity contribution in [3.8, 4) is 0 Å². The third kappa shape index (κ3) is 2.26. The fourth-order valence-electron chi connectivity index (χ4n) is 1.82. The second-order valence-electron chi connectivity index (χ2n) is 3.90. The van der Waals surface area contributed by atoms with Gasteiger partial charge in [-0.2, -0.15) is 0 Å². The Labute approximate surface area is 109 Å². The van der Waals surface area contributed by atoms with Crippen molar-refractivity contribution in [3.05, 3.63) is 60.0 Å². The molecule has 18 heavy (non-hydrogen) atoms. The first-order valence-electron chi connectivity index (χ1n) is 5.56. The number of fused-ring (bicyclic) bond motifs is 1. The Kier molecular flexibility index (Phi) is 2.82. The number of hydrogen-bond donors (Lipinski definition) is 1. The van der Waals surface area contributed by atoms with Gasteiger partial charge in [-0.1, -0.05) is 30.3 Å². The lowest BCUT2D eigenvalue weighted by Gasteiger charge is -2.06. The van der Waals surface area contributed by atoms with Crippen molar-refractivity contribution in [1.29, 1.82) is 0 Å². The largest absolute Gasteiger partial charge is 0.340 e. The summed E-state index contributed by atoms with van der Waals surface area (Å²) in [6.07, 6.45) is 1.62. The SMILES string of the molecule is Clc1nccc(Nc2ccc3ccccc3c2)n1. The molecule has 0 aliphatic rings. The summed E-state index contributed by atoms with van der Waals surface area (Å²) in [5.74, 6) is 0.685. The molecule has 2 aromatic carbocycles. The third-order valence-electron chi connectivity index (χ3n) is 2.65. The number of rotatable bonds is 2. The van der Waals surface area contributed by atoms with Gasteiger partial charge in [-0.3, -0.25) is 0 Å². The van der Waals surface area contributed by atoms with E-state index in [1.54, 1.807) is 12.3 Å². The van der Waals surface area contributed by atoms with E-state index in [1.165, 1.54) is 10.8 Å². The van der Waals surface area contributed by atoms with Crippen LogP contribution in [0, 0.1) is 0 Å². The van der Waals surface area contributed by atoms with E-state index >= 15 is 0 Å². The molecule has 1 aromatic heterocycles. The van der Waals surface area contributed by atoms with Crippen LogP contribution in [0.4, 0.5) is 11.5 Å². The highest BCUT2D eigenvalue weighted by Gasteiger charge is 1.99. The lowest BCUT2D eigenvalue weighted by atomic mass is 10.1. The first-order valence-corrected chi connectivity index (χ1v) is 5.93. The summed E-state index contributed by atoms with van der Waals surface area (Å²) in [5, 5.41) is 5.83. The Hall–Kier alpha value is -2.13. The number of nitrogens with one attached hydrogen (secondary N) is 1. The summed E-state index contributed by atoms with van der Waals surface area (Å²) in [7, 11) is 0. The van der Waals surface area contributed by atoms with Crippen LogP contribution in [0.25, 0.3) is 10.8 Å². The fourth-order valence-corrected chi connectivity index (χ4v) is 1.97. The van der Waals surface area contributed by atoms with Crippen LogP contribution >= 0.6 is 11.6 Å². The van der Waals surface area contributed by atoms with Crippen LogP contribution in [0.5, 0.6) is 0 Å². The van der Waals surface area contributed by atoms with E-state index in [4.69, 9.17) is 11.6 Å². The van der Waals surface area contributed by atoms with Gasteiger partial charge in [-0.25, -0.2) is 9.97 Å². The molecule has 0 bridgehead atoms. The van der Waals surface area contributed by atoms with Crippen LogP contribution in [0.1, 0.15) is 0 Å². The lowest BCUT2D eigenvalue weighted by molar-refractivity contribution is 1.17. The van der Waals surface area contributed by atoms with Gasteiger partial charge in [0.05, 0.1) is 0 Å². The molecular formula is C14H10ClN3. The highest BCUT2D eigenvalue weighted by atomic mass is 35.5. The van der Waals surface area contributed by atoms with Crippen molar-refractivity contribution in [2.24, 2.45) is 0 Å². The monoisotopic (exact) mass is 255 g/mol. The molecule has 0 aliphatic carbocycles. The van der Waals surface area contributed by atoms with Crippen molar-refractivity contribution in [3.63, 3.8) is 0 Å². The van der Waals surface area contributed by atoms with Gasteiger partial charge in [0.15, 0.2) is 0 Å². The first kappa shape index (κ1) is 11.0. The number of hydrogen-bond acceptors (Lipinski definition) is 3. The third-order valence-corrected chi connectivity index (χ3v) is 2.83. The minimum Gasteiger partial charge on any atom is -0.340 e. The van der Waals surface area contributed by atoms with E-state index in [0.29, 0.717) is 5.82 Å². The van der Waals surface area contributed by atoms with Gasteiger partial charge in [0.1, 0.15) is 5.82 Å². The number of aromatic nitrogens is 2. The summed E-state index contributed by atoms with van der Waals surface area (Å²) in [5.41, 5.74) is 0.975. The molecule has 3 rings (SSSR count). The molecule has 3 nitrogen and oxygen atoms in total. The Morgan fingerprint density at radius 1 is 0.944 bits per heavy atom.